The van der Waals surface area contributed by atoms with Crippen LogP contribution in [0.1, 0.15) is 62.3 Å². The average Bonchev–Trinajstić information content (AvgIpc) is 2.19. The summed E-state index contributed by atoms with van der Waals surface area (Å²) in [5, 5.41) is 1.35. The molecule has 0 rings (SSSR count). The zero-order valence-electron chi connectivity index (χ0n) is 14.0. The molecular formula is C15H27NiO3P. The van der Waals surface area contributed by atoms with Crippen molar-refractivity contribution in [1.29, 1.82) is 0 Å². The molecule has 20 heavy (non-hydrogen) atoms. The van der Waals surface area contributed by atoms with Crippen LogP contribution in [-0.2, 0) is 30.9 Å². The molecule has 0 fully saturated rings. The van der Waals surface area contributed by atoms with Crippen molar-refractivity contribution in [1.82, 2.24) is 0 Å². The second-order valence-corrected chi connectivity index (χ2v) is 11.5. The van der Waals surface area contributed by atoms with Crippen molar-refractivity contribution in [3.8, 4) is 0 Å². The Balaban J connectivity index is -0.0000000940. The Morgan fingerprint density at radius 1 is 0.500 bits per heavy atom. The van der Waals surface area contributed by atoms with E-state index >= 15 is 0 Å². The number of carbonyl (C=O) groups excluding carboxylic acids is 3. The van der Waals surface area contributed by atoms with Crippen molar-refractivity contribution in [3.05, 3.63) is 0 Å². The number of hydrogen-bond donors (Lipinski definition) is 0. The summed E-state index contributed by atoms with van der Waals surface area (Å²) in [7, 11) is 0.0162. The van der Waals surface area contributed by atoms with E-state index in [4.69, 9.17) is 14.4 Å². The first-order chi connectivity index (χ1) is 8.37. The van der Waals surface area contributed by atoms with E-state index in [2.05, 4.69) is 82.7 Å². The van der Waals surface area contributed by atoms with Crippen LogP contribution in [0.2, 0.25) is 0 Å². The van der Waals surface area contributed by atoms with Gasteiger partial charge in [-0.1, -0.05) is 70.2 Å². The van der Waals surface area contributed by atoms with Gasteiger partial charge in [-0.05, 0) is 15.5 Å². The van der Waals surface area contributed by atoms with Crippen molar-refractivity contribution >= 4 is 28.3 Å². The smallest absolute Gasteiger partial charge is 0.281 e. The quantitative estimate of drug-likeness (QED) is 0.497. The molecule has 0 aromatic heterocycles. The van der Waals surface area contributed by atoms with Crippen molar-refractivity contribution in [2.75, 3.05) is 0 Å². The molecule has 0 aliphatic carbocycles. The van der Waals surface area contributed by atoms with Crippen molar-refractivity contribution < 1.29 is 30.9 Å². The van der Waals surface area contributed by atoms with E-state index in [9.17, 15) is 0 Å². The fourth-order valence-electron chi connectivity index (χ4n) is 3.02. The van der Waals surface area contributed by atoms with E-state index in [-0.39, 0.29) is 24.4 Å². The number of rotatable bonds is 0. The molecule has 3 nitrogen and oxygen atoms in total. The number of hydrogen-bond acceptors (Lipinski definition) is 3. The third-order valence-corrected chi connectivity index (χ3v) is 6.04. The second kappa shape index (κ2) is 13.9. The first kappa shape index (κ1) is 32.0. The largest absolute Gasteiger partial charge is 0.281 e. The van der Waals surface area contributed by atoms with Crippen molar-refractivity contribution in [3.63, 3.8) is 0 Å². The molecule has 0 atom stereocenters. The summed E-state index contributed by atoms with van der Waals surface area (Å²) in [6.07, 6.45) is 0. The van der Waals surface area contributed by atoms with Gasteiger partial charge in [-0.2, -0.15) is 0 Å². The van der Waals surface area contributed by atoms with Gasteiger partial charge in [0.15, 0.2) is 0 Å². The van der Waals surface area contributed by atoms with Gasteiger partial charge in [0.2, 0.25) is 0 Å². The normalized spacial score (nSPS) is 10.5. The minimum absolute atomic E-state index is 0. The van der Waals surface area contributed by atoms with Gasteiger partial charge in [0.25, 0.3) is 20.4 Å². The molecule has 0 saturated carbocycles. The Morgan fingerprint density at radius 3 is 0.600 bits per heavy atom. The van der Waals surface area contributed by atoms with E-state index in [1.54, 1.807) is 0 Å². The molecule has 0 aliphatic rings. The zero-order chi connectivity index (χ0) is 17.1. The van der Waals surface area contributed by atoms with Crippen LogP contribution in [0.25, 0.3) is 0 Å². The molecule has 0 N–H and O–H groups in total. The Labute approximate surface area is 137 Å². The molecule has 0 amide bonds. The van der Waals surface area contributed by atoms with E-state index in [1.807, 2.05) is 0 Å². The maximum absolute atomic E-state index is 7.50. The van der Waals surface area contributed by atoms with Crippen molar-refractivity contribution in [2.24, 2.45) is 0 Å². The second-order valence-electron chi connectivity index (χ2n) is 6.85. The molecule has 6 radical (unpaired) electrons. The fourth-order valence-corrected chi connectivity index (χ4v) is 9.06. The molecule has 0 spiro atoms. The predicted molar refractivity (Wildman–Crippen MR) is 83.3 cm³/mol. The minimum Gasteiger partial charge on any atom is -0.281 e. The molecule has 0 aliphatic heterocycles. The third kappa shape index (κ3) is 16.0. The van der Waals surface area contributed by atoms with Crippen LogP contribution < -0.4 is 0 Å². The topological polar surface area (TPSA) is 51.2 Å². The summed E-state index contributed by atoms with van der Waals surface area (Å²) in [5.74, 6) is 0. The van der Waals surface area contributed by atoms with E-state index in [0.717, 1.165) is 0 Å². The zero-order valence-corrected chi connectivity index (χ0v) is 15.9. The molecule has 0 unspecified atom stereocenters. The van der Waals surface area contributed by atoms with Gasteiger partial charge in [-0.3, -0.25) is 14.4 Å². The van der Waals surface area contributed by atoms with Gasteiger partial charge in [0, 0.05) is 16.5 Å². The van der Waals surface area contributed by atoms with Crippen molar-refractivity contribution in [2.45, 2.75) is 77.8 Å². The summed E-state index contributed by atoms with van der Waals surface area (Å²) in [6, 6.07) is 0. The van der Waals surface area contributed by atoms with Gasteiger partial charge in [-0.15, -0.1) is 0 Å². The van der Waals surface area contributed by atoms with Gasteiger partial charge < -0.3 is 0 Å². The molecular weight excluding hydrogens is 318 g/mol. The van der Waals surface area contributed by atoms with Gasteiger partial charge in [-0.25, -0.2) is 0 Å². The first-order valence-corrected chi connectivity index (χ1v) is 7.12. The summed E-state index contributed by atoms with van der Waals surface area (Å²) in [4.78, 5) is 22.5. The fraction of sp³-hybridized carbons (Fsp3) is 0.800. The summed E-state index contributed by atoms with van der Waals surface area (Å²) in [6.45, 7) is 35.0. The van der Waals surface area contributed by atoms with Crippen LogP contribution in [0.4, 0.5) is 0 Å². The first-order valence-electron chi connectivity index (χ1n) is 5.78. The predicted octanol–water partition coefficient (Wildman–Crippen LogP) is 3.67. The molecule has 120 valence electrons. The monoisotopic (exact) mass is 344 g/mol. The maximum atomic E-state index is 7.50. The van der Waals surface area contributed by atoms with Gasteiger partial charge >= 0.3 is 0 Å². The molecule has 0 aromatic carbocycles. The van der Waals surface area contributed by atoms with E-state index in [0.29, 0.717) is 15.5 Å². The van der Waals surface area contributed by atoms with E-state index in [1.165, 1.54) is 0 Å². The van der Waals surface area contributed by atoms with Crippen LogP contribution in [0.3, 0.4) is 0 Å². The van der Waals surface area contributed by atoms with Crippen LogP contribution in [0.15, 0.2) is 0 Å². The third-order valence-electron chi connectivity index (χ3n) is 2.01. The Bertz CT molecular complexity index is 177. The van der Waals surface area contributed by atoms with Crippen LogP contribution in [0.5, 0.6) is 0 Å². The summed E-state index contributed by atoms with van der Waals surface area (Å²) >= 11 is 0. The molecule has 5 heteroatoms. The average molecular weight is 345 g/mol. The standard InChI is InChI=1S/C12H27P.3CO.Ni/c1-10(2,3)13(11(4,5)6)12(7,8)9;3*1-2;/h1-9H3;;;;. The molecule has 0 aromatic rings. The Hall–Kier alpha value is -0.0665. The Kier molecular flexibility index (Phi) is 22.3. The SMILES string of the molecule is CC(C)(C)P(C(C)(C)C)C(C)(C)C.[C]=O.[C]=O.[C]=O.[Ni]. The maximum Gasteiger partial charge on any atom is 0.281 e. The Morgan fingerprint density at radius 2 is 0.600 bits per heavy atom. The van der Waals surface area contributed by atoms with Crippen LogP contribution >= 0.6 is 7.92 Å². The summed E-state index contributed by atoms with van der Waals surface area (Å²) in [5.41, 5.74) is 0. The molecule has 0 bridgehead atoms. The van der Waals surface area contributed by atoms with Gasteiger partial charge in [0.1, 0.15) is 0 Å². The minimum atomic E-state index is 0. The molecule has 0 heterocycles. The van der Waals surface area contributed by atoms with Gasteiger partial charge in [0.05, 0.1) is 0 Å². The van der Waals surface area contributed by atoms with Crippen LogP contribution in [0, 0.1) is 0 Å². The van der Waals surface area contributed by atoms with Crippen LogP contribution in [-0.4, -0.2) is 35.8 Å². The molecule has 0 saturated heterocycles. The summed E-state index contributed by atoms with van der Waals surface area (Å²) < 4.78 is 0. The van der Waals surface area contributed by atoms with E-state index < -0.39 is 0 Å².